The van der Waals surface area contributed by atoms with Gasteiger partial charge in [0, 0.05) is 0 Å². The van der Waals surface area contributed by atoms with E-state index in [-0.39, 0.29) is 6.04 Å². The van der Waals surface area contributed by atoms with Gasteiger partial charge >= 0.3 is 0 Å². The van der Waals surface area contributed by atoms with Crippen molar-refractivity contribution in [2.45, 2.75) is 13.0 Å². The largest absolute Gasteiger partial charge is 0.389 e. The lowest BCUT2D eigenvalue weighted by atomic mass is 10.1. The van der Waals surface area contributed by atoms with Gasteiger partial charge in [0.2, 0.25) is 0 Å². The fraction of sp³-hybridized carbons (Fsp3) is 0.182. The number of benzene rings is 1. The zero-order valence-corrected chi connectivity index (χ0v) is 9.29. The molecule has 15 heavy (non-hydrogen) atoms. The third-order valence-electron chi connectivity index (χ3n) is 2.16. The van der Waals surface area contributed by atoms with Crippen LogP contribution in [0.15, 0.2) is 36.5 Å². The first-order valence-corrected chi connectivity index (χ1v) is 5.60. The van der Waals surface area contributed by atoms with Crippen LogP contribution in [0.2, 0.25) is 0 Å². The van der Waals surface area contributed by atoms with Crippen LogP contribution < -0.4 is 11.1 Å². The quantitative estimate of drug-likeness (QED) is 0.834. The van der Waals surface area contributed by atoms with Crippen molar-refractivity contribution in [3.63, 3.8) is 0 Å². The van der Waals surface area contributed by atoms with Crippen LogP contribution in [0.25, 0.3) is 0 Å². The van der Waals surface area contributed by atoms with Gasteiger partial charge in [0.1, 0.15) is 5.00 Å². The lowest BCUT2D eigenvalue weighted by molar-refractivity contribution is 0.882. The van der Waals surface area contributed by atoms with Gasteiger partial charge in [-0.3, -0.25) is 0 Å². The Hall–Kier alpha value is -1.55. The molecule has 1 atom stereocenters. The monoisotopic (exact) mass is 219 g/mol. The Balaban J connectivity index is 2.07. The van der Waals surface area contributed by atoms with Gasteiger partial charge in [0.15, 0.2) is 5.13 Å². The number of nitrogen functional groups attached to an aromatic ring is 1. The van der Waals surface area contributed by atoms with Crippen molar-refractivity contribution < 1.29 is 0 Å². The molecule has 1 unspecified atom stereocenters. The molecule has 2 rings (SSSR count). The van der Waals surface area contributed by atoms with Crippen molar-refractivity contribution in [3.05, 3.63) is 42.1 Å². The minimum atomic E-state index is 0.247. The summed E-state index contributed by atoms with van der Waals surface area (Å²) in [5.74, 6) is 0. The molecule has 0 aliphatic rings. The number of nitrogens with two attached hydrogens (primary N) is 1. The van der Waals surface area contributed by atoms with Gasteiger partial charge < -0.3 is 11.1 Å². The van der Waals surface area contributed by atoms with Crippen LogP contribution in [-0.4, -0.2) is 4.98 Å². The van der Waals surface area contributed by atoms with Crippen molar-refractivity contribution >= 4 is 21.5 Å². The molecular formula is C11H13N3S. The Morgan fingerprint density at radius 2 is 2.07 bits per heavy atom. The highest BCUT2D eigenvalue weighted by molar-refractivity contribution is 7.19. The average Bonchev–Trinajstić information content (AvgIpc) is 2.65. The molecule has 0 saturated heterocycles. The smallest absolute Gasteiger partial charge is 0.185 e. The molecule has 0 saturated carbocycles. The van der Waals surface area contributed by atoms with Gasteiger partial charge in [0.25, 0.3) is 0 Å². The van der Waals surface area contributed by atoms with Crippen molar-refractivity contribution in [1.29, 1.82) is 0 Å². The summed E-state index contributed by atoms with van der Waals surface area (Å²) in [6, 6.07) is 10.5. The molecule has 1 aromatic carbocycles. The zero-order valence-electron chi connectivity index (χ0n) is 8.47. The summed E-state index contributed by atoms with van der Waals surface area (Å²) in [7, 11) is 0. The maximum absolute atomic E-state index is 5.61. The average molecular weight is 219 g/mol. The molecule has 4 heteroatoms. The Labute approximate surface area is 93.0 Å². The minimum absolute atomic E-state index is 0.247. The number of rotatable bonds is 3. The summed E-state index contributed by atoms with van der Waals surface area (Å²) in [5.41, 5.74) is 6.85. The molecule has 0 radical (unpaired) electrons. The van der Waals surface area contributed by atoms with Gasteiger partial charge in [-0.05, 0) is 12.5 Å². The highest BCUT2D eigenvalue weighted by Crippen LogP contribution is 2.24. The molecule has 1 heterocycles. The maximum atomic E-state index is 5.61. The third-order valence-corrected chi connectivity index (χ3v) is 2.92. The second kappa shape index (κ2) is 4.31. The van der Waals surface area contributed by atoms with Crippen LogP contribution in [0.1, 0.15) is 18.5 Å². The predicted octanol–water partition coefficient (Wildman–Crippen LogP) is 2.90. The summed E-state index contributed by atoms with van der Waals surface area (Å²) in [5, 5.41) is 4.91. The van der Waals surface area contributed by atoms with E-state index in [1.54, 1.807) is 6.20 Å². The first-order chi connectivity index (χ1) is 7.25. The van der Waals surface area contributed by atoms with Gasteiger partial charge in [-0.1, -0.05) is 41.7 Å². The molecule has 3 N–H and O–H groups in total. The van der Waals surface area contributed by atoms with Crippen LogP contribution in [-0.2, 0) is 0 Å². The van der Waals surface area contributed by atoms with E-state index in [0.717, 1.165) is 10.1 Å². The number of hydrogen-bond donors (Lipinski definition) is 2. The Bertz CT molecular complexity index is 424. The molecule has 0 aliphatic carbocycles. The number of hydrogen-bond acceptors (Lipinski definition) is 4. The third kappa shape index (κ3) is 2.47. The first-order valence-electron chi connectivity index (χ1n) is 4.78. The number of aromatic nitrogens is 1. The van der Waals surface area contributed by atoms with Crippen LogP contribution >= 0.6 is 11.3 Å². The van der Waals surface area contributed by atoms with E-state index in [1.165, 1.54) is 16.9 Å². The number of anilines is 2. The molecule has 0 amide bonds. The van der Waals surface area contributed by atoms with Crippen molar-refractivity contribution in [1.82, 2.24) is 4.98 Å². The Kier molecular flexibility index (Phi) is 2.87. The molecule has 0 bridgehead atoms. The number of nitrogens with one attached hydrogen (secondary N) is 1. The Morgan fingerprint density at radius 3 is 2.67 bits per heavy atom. The van der Waals surface area contributed by atoms with Gasteiger partial charge in [0.05, 0.1) is 12.2 Å². The first kappa shape index (κ1) is 9.98. The van der Waals surface area contributed by atoms with Crippen molar-refractivity contribution in [2.75, 3.05) is 11.1 Å². The summed E-state index contributed by atoms with van der Waals surface area (Å²) in [4.78, 5) is 4.16. The second-order valence-electron chi connectivity index (χ2n) is 3.34. The predicted molar refractivity (Wildman–Crippen MR) is 65.0 cm³/mol. The fourth-order valence-electron chi connectivity index (χ4n) is 1.36. The van der Waals surface area contributed by atoms with Crippen LogP contribution in [0.3, 0.4) is 0 Å². The van der Waals surface area contributed by atoms with Gasteiger partial charge in [-0.25, -0.2) is 4.98 Å². The highest BCUT2D eigenvalue weighted by atomic mass is 32.1. The normalized spacial score (nSPS) is 12.3. The standard InChI is InChI=1S/C11H13N3S/c1-8(9-5-3-2-4-6-9)14-11-13-7-10(12)15-11/h2-8H,12H2,1H3,(H,13,14). The van der Waals surface area contributed by atoms with Crippen LogP contribution in [0.5, 0.6) is 0 Å². The molecular weight excluding hydrogens is 206 g/mol. The molecule has 2 aromatic rings. The van der Waals surface area contributed by atoms with E-state index in [9.17, 15) is 0 Å². The van der Waals surface area contributed by atoms with Gasteiger partial charge in [-0.2, -0.15) is 0 Å². The highest BCUT2D eigenvalue weighted by Gasteiger charge is 2.06. The van der Waals surface area contributed by atoms with E-state index in [2.05, 4.69) is 29.4 Å². The summed E-state index contributed by atoms with van der Waals surface area (Å²) in [6.07, 6.45) is 1.67. The van der Waals surface area contributed by atoms with E-state index >= 15 is 0 Å². The van der Waals surface area contributed by atoms with E-state index in [1.807, 2.05) is 18.2 Å². The molecule has 0 aliphatic heterocycles. The molecule has 3 nitrogen and oxygen atoms in total. The molecule has 0 fully saturated rings. The SMILES string of the molecule is CC(Nc1ncc(N)s1)c1ccccc1. The fourth-order valence-corrected chi connectivity index (χ4v) is 2.03. The van der Waals surface area contributed by atoms with E-state index < -0.39 is 0 Å². The van der Waals surface area contributed by atoms with Crippen LogP contribution in [0.4, 0.5) is 10.1 Å². The summed E-state index contributed by atoms with van der Waals surface area (Å²) in [6.45, 7) is 2.10. The summed E-state index contributed by atoms with van der Waals surface area (Å²) >= 11 is 1.47. The van der Waals surface area contributed by atoms with Crippen molar-refractivity contribution in [3.8, 4) is 0 Å². The second-order valence-corrected chi connectivity index (χ2v) is 4.41. The van der Waals surface area contributed by atoms with E-state index in [0.29, 0.717) is 0 Å². The lowest BCUT2D eigenvalue weighted by Gasteiger charge is -2.12. The van der Waals surface area contributed by atoms with E-state index in [4.69, 9.17) is 5.73 Å². The number of thiazole rings is 1. The molecule has 0 spiro atoms. The molecule has 1 aromatic heterocycles. The maximum Gasteiger partial charge on any atom is 0.185 e. The van der Waals surface area contributed by atoms with Crippen molar-refractivity contribution in [2.24, 2.45) is 0 Å². The number of nitrogens with zero attached hydrogens (tertiary/aromatic N) is 1. The molecule has 78 valence electrons. The van der Waals surface area contributed by atoms with Crippen LogP contribution in [0, 0.1) is 0 Å². The van der Waals surface area contributed by atoms with Gasteiger partial charge in [-0.15, -0.1) is 0 Å². The Morgan fingerprint density at radius 1 is 1.33 bits per heavy atom. The lowest BCUT2D eigenvalue weighted by Crippen LogP contribution is -2.05. The summed E-state index contributed by atoms with van der Waals surface area (Å²) < 4.78 is 0. The zero-order chi connectivity index (χ0) is 10.7. The topological polar surface area (TPSA) is 50.9 Å². The minimum Gasteiger partial charge on any atom is -0.389 e.